The average molecular weight is 769 g/mol. The molecule has 2 aliphatic rings. The number of halogens is 3. The number of nitrogens with zero attached hydrogens (tertiary/aromatic N) is 1. The van der Waals surface area contributed by atoms with Gasteiger partial charge < -0.3 is 39.9 Å². The number of hydrogen-bond acceptors (Lipinski definition) is 9. The highest BCUT2D eigenvalue weighted by molar-refractivity contribution is 4.90. The molecule has 0 spiro atoms. The third kappa shape index (κ3) is 21.5. The highest BCUT2D eigenvalue weighted by atomic mass is 19.4. The number of rotatable bonds is 32. The van der Waals surface area contributed by atoms with Gasteiger partial charge in [0.2, 0.25) is 0 Å². The Hall–Kier alpha value is -0.570. The topological polar surface area (TPSA) is 135 Å². The number of unbranched alkanes of at least 4 members (excludes halogenated alkanes) is 19. The van der Waals surface area contributed by atoms with E-state index in [4.69, 9.17) is 9.47 Å². The van der Waals surface area contributed by atoms with E-state index < -0.39 is 68.3 Å². The maximum Gasteiger partial charge on any atom is 0.403 e. The highest BCUT2D eigenvalue weighted by Gasteiger charge is 2.45. The summed E-state index contributed by atoms with van der Waals surface area (Å²) in [5.74, 6) is 0. The summed E-state index contributed by atoms with van der Waals surface area (Å²) in [6.45, 7) is 4.77. The van der Waals surface area contributed by atoms with Gasteiger partial charge in [0.05, 0.1) is 25.4 Å². The Bertz CT molecular complexity index is 853. The normalized spacial score (nSPS) is 24.7. The van der Waals surface area contributed by atoms with Gasteiger partial charge >= 0.3 is 6.18 Å². The summed E-state index contributed by atoms with van der Waals surface area (Å²) in [5, 5.41) is 54.0. The second-order valence-electron chi connectivity index (χ2n) is 16.0. The molecular weight excluding hydrogens is 689 g/mol. The molecule has 0 bridgehead atoms. The fraction of sp³-hybridized carbons (Fsp3) is 1.00. The number of ether oxygens (including phenoxy) is 2. The van der Waals surface area contributed by atoms with Crippen LogP contribution in [0.5, 0.6) is 0 Å². The third-order valence-corrected chi connectivity index (χ3v) is 11.3. The van der Waals surface area contributed by atoms with E-state index in [0.717, 1.165) is 44.9 Å². The van der Waals surface area contributed by atoms with Crippen LogP contribution in [-0.2, 0) is 9.47 Å². The van der Waals surface area contributed by atoms with Crippen molar-refractivity contribution in [2.75, 3.05) is 32.8 Å². The van der Waals surface area contributed by atoms with Gasteiger partial charge in [-0.1, -0.05) is 142 Å². The number of alkyl halides is 3. The molecule has 12 heteroatoms. The van der Waals surface area contributed by atoms with Crippen molar-refractivity contribution in [2.24, 2.45) is 0 Å². The first kappa shape index (κ1) is 48.6. The second-order valence-corrected chi connectivity index (χ2v) is 16.0. The van der Waals surface area contributed by atoms with Crippen molar-refractivity contribution in [1.29, 1.82) is 0 Å². The molecule has 0 aromatic carbocycles. The van der Waals surface area contributed by atoms with Crippen LogP contribution in [0.25, 0.3) is 0 Å². The lowest BCUT2D eigenvalue weighted by molar-refractivity contribution is -0.303. The zero-order valence-corrected chi connectivity index (χ0v) is 33.2. The largest absolute Gasteiger partial charge is 0.403 e. The van der Waals surface area contributed by atoms with E-state index in [1.165, 1.54) is 110 Å². The molecule has 2 heterocycles. The van der Waals surface area contributed by atoms with E-state index in [0.29, 0.717) is 19.3 Å². The molecule has 9 nitrogen and oxygen atoms in total. The molecule has 316 valence electrons. The summed E-state index contributed by atoms with van der Waals surface area (Å²) in [6.07, 6.45) is 13.6. The lowest BCUT2D eigenvalue weighted by Gasteiger charge is -2.40. The molecule has 2 aliphatic heterocycles. The first-order valence-electron chi connectivity index (χ1n) is 21.7. The van der Waals surface area contributed by atoms with Crippen LogP contribution in [0, 0.1) is 0 Å². The molecule has 0 saturated carbocycles. The number of nitrogens with one attached hydrogen (secondary N) is 1. The minimum atomic E-state index is -4.54. The minimum Gasteiger partial charge on any atom is -0.394 e. The Kier molecular flexibility index (Phi) is 27.2. The van der Waals surface area contributed by atoms with E-state index in [2.05, 4.69) is 17.1 Å². The minimum absolute atomic E-state index is 0.124. The Balaban J connectivity index is 1.79. The molecule has 53 heavy (non-hydrogen) atoms. The third-order valence-electron chi connectivity index (χ3n) is 11.3. The predicted molar refractivity (Wildman–Crippen MR) is 205 cm³/mol. The Morgan fingerprint density at radius 1 is 0.679 bits per heavy atom. The SMILES string of the molecule is CCCCCCCCCCCCCCC[C@@H](O)[C@H](COC1OC(CO)C(O)C(O)C1O)N[C@@H](CCCCCCCCCCN1CCCCC1)C(F)(F)F. The van der Waals surface area contributed by atoms with Crippen molar-refractivity contribution in [3.8, 4) is 0 Å². The van der Waals surface area contributed by atoms with Gasteiger partial charge in [0.1, 0.15) is 30.5 Å². The van der Waals surface area contributed by atoms with Gasteiger partial charge in [0, 0.05) is 0 Å². The van der Waals surface area contributed by atoms with Crippen LogP contribution >= 0.6 is 0 Å². The molecule has 5 unspecified atom stereocenters. The fourth-order valence-electron chi connectivity index (χ4n) is 7.77. The molecule has 2 fully saturated rings. The van der Waals surface area contributed by atoms with Gasteiger partial charge in [0.25, 0.3) is 0 Å². The van der Waals surface area contributed by atoms with Crippen molar-refractivity contribution in [1.82, 2.24) is 10.2 Å². The molecule has 2 rings (SSSR count). The Morgan fingerprint density at radius 2 is 1.17 bits per heavy atom. The summed E-state index contributed by atoms with van der Waals surface area (Å²) in [5.41, 5.74) is 0. The van der Waals surface area contributed by atoms with Gasteiger partial charge in [-0.2, -0.15) is 13.2 Å². The maximum atomic E-state index is 14.3. The Labute approximate surface area is 319 Å². The average Bonchev–Trinajstić information content (AvgIpc) is 3.14. The standard InChI is InChI=1S/C41H79F3N2O7/c1-2-3-4-5-6-7-8-9-10-11-14-17-21-26-34(48)33(32-52-40-39(51)38(50)37(49)35(31-47)53-40)45-36(41(42,43)44)27-22-18-15-12-13-16-19-23-28-46-29-24-20-25-30-46/h33-40,45,47-51H,2-32H2,1H3/t33-,34+,35?,36-,37?,38?,39?,40?/m0/s1. The molecule has 0 amide bonds. The molecule has 8 atom stereocenters. The van der Waals surface area contributed by atoms with Gasteiger partial charge in [0.15, 0.2) is 6.29 Å². The predicted octanol–water partition coefficient (Wildman–Crippen LogP) is 7.53. The lowest BCUT2D eigenvalue weighted by atomic mass is 9.98. The zero-order chi connectivity index (χ0) is 38.7. The number of piperidine rings is 1. The molecule has 6 N–H and O–H groups in total. The summed E-state index contributed by atoms with van der Waals surface area (Å²) in [7, 11) is 0. The van der Waals surface area contributed by atoms with Gasteiger partial charge in [-0.15, -0.1) is 0 Å². The molecule has 0 radical (unpaired) electrons. The zero-order valence-electron chi connectivity index (χ0n) is 33.2. The van der Waals surface area contributed by atoms with Crippen LogP contribution in [0.3, 0.4) is 0 Å². The quantitative estimate of drug-likeness (QED) is 0.0384. The van der Waals surface area contributed by atoms with Crippen LogP contribution in [0.15, 0.2) is 0 Å². The van der Waals surface area contributed by atoms with E-state index >= 15 is 0 Å². The van der Waals surface area contributed by atoms with E-state index in [-0.39, 0.29) is 12.8 Å². The van der Waals surface area contributed by atoms with Crippen LogP contribution in [-0.4, -0.2) is 118 Å². The van der Waals surface area contributed by atoms with Crippen molar-refractivity contribution in [3.05, 3.63) is 0 Å². The first-order chi connectivity index (χ1) is 25.6. The maximum absolute atomic E-state index is 14.3. The van der Waals surface area contributed by atoms with Gasteiger partial charge in [-0.3, -0.25) is 5.32 Å². The van der Waals surface area contributed by atoms with Crippen molar-refractivity contribution >= 4 is 0 Å². The van der Waals surface area contributed by atoms with E-state index in [9.17, 15) is 38.7 Å². The van der Waals surface area contributed by atoms with Crippen LogP contribution in [0.4, 0.5) is 13.2 Å². The van der Waals surface area contributed by atoms with Crippen molar-refractivity contribution in [2.45, 2.75) is 229 Å². The van der Waals surface area contributed by atoms with E-state index in [1.54, 1.807) is 0 Å². The number of aliphatic hydroxyl groups excluding tert-OH is 5. The highest BCUT2D eigenvalue weighted by Crippen LogP contribution is 2.27. The number of hydrogen-bond donors (Lipinski definition) is 6. The fourth-order valence-corrected chi connectivity index (χ4v) is 7.77. The number of aliphatic hydroxyl groups is 5. The van der Waals surface area contributed by atoms with Gasteiger partial charge in [-0.05, 0) is 51.7 Å². The lowest BCUT2D eigenvalue weighted by Crippen LogP contribution is -2.60. The van der Waals surface area contributed by atoms with Crippen LogP contribution in [0.1, 0.15) is 174 Å². The first-order valence-corrected chi connectivity index (χ1v) is 21.7. The van der Waals surface area contributed by atoms with Crippen molar-refractivity contribution < 1.29 is 48.2 Å². The molecular formula is C41H79F3N2O7. The summed E-state index contributed by atoms with van der Waals surface area (Å²) < 4.78 is 54.0. The summed E-state index contributed by atoms with van der Waals surface area (Å²) in [4.78, 5) is 2.56. The van der Waals surface area contributed by atoms with Crippen molar-refractivity contribution in [3.63, 3.8) is 0 Å². The summed E-state index contributed by atoms with van der Waals surface area (Å²) in [6, 6.07) is -2.96. The summed E-state index contributed by atoms with van der Waals surface area (Å²) >= 11 is 0. The molecule has 0 aliphatic carbocycles. The van der Waals surface area contributed by atoms with Crippen LogP contribution in [0.2, 0.25) is 0 Å². The molecule has 0 aromatic rings. The smallest absolute Gasteiger partial charge is 0.394 e. The van der Waals surface area contributed by atoms with Crippen LogP contribution < -0.4 is 5.32 Å². The number of likely N-dealkylation sites (tertiary alicyclic amines) is 1. The monoisotopic (exact) mass is 769 g/mol. The molecule has 0 aromatic heterocycles. The van der Waals surface area contributed by atoms with Gasteiger partial charge in [-0.25, -0.2) is 0 Å². The van der Waals surface area contributed by atoms with E-state index in [1.807, 2.05) is 0 Å². The second kappa shape index (κ2) is 29.6. The Morgan fingerprint density at radius 3 is 1.68 bits per heavy atom. The molecule has 2 saturated heterocycles.